The molecule has 0 bridgehead atoms. The number of amides is 1. The third kappa shape index (κ3) is 5.82. The molecule has 1 aromatic heterocycles. The number of aromatic nitrogens is 2. The predicted molar refractivity (Wildman–Crippen MR) is 129 cm³/mol. The SMILES string of the molecule is O=C(CSc1nc(Cl)cc(N2CCN(c3ccccc3Cl)CC2)n1)Nc1ccc(F)cc1. The van der Waals surface area contributed by atoms with Gasteiger partial charge in [-0.3, -0.25) is 4.79 Å². The molecule has 6 nitrogen and oxygen atoms in total. The average molecular weight is 492 g/mol. The molecule has 2 aromatic carbocycles. The minimum Gasteiger partial charge on any atom is -0.367 e. The van der Waals surface area contributed by atoms with Crippen molar-refractivity contribution in [1.29, 1.82) is 0 Å². The van der Waals surface area contributed by atoms with Crippen molar-refractivity contribution in [3.05, 3.63) is 70.6 Å². The molecule has 3 aromatic rings. The highest BCUT2D eigenvalue weighted by Crippen LogP contribution is 2.28. The lowest BCUT2D eigenvalue weighted by Gasteiger charge is -2.37. The van der Waals surface area contributed by atoms with Gasteiger partial charge in [-0.15, -0.1) is 0 Å². The molecule has 1 aliphatic rings. The second-order valence-electron chi connectivity index (χ2n) is 7.10. The number of benzene rings is 2. The maximum absolute atomic E-state index is 13.0. The normalized spacial score (nSPS) is 13.8. The van der Waals surface area contributed by atoms with Crippen molar-refractivity contribution in [2.45, 2.75) is 5.16 Å². The molecule has 1 fully saturated rings. The van der Waals surface area contributed by atoms with Crippen molar-refractivity contribution in [3.63, 3.8) is 0 Å². The highest BCUT2D eigenvalue weighted by Gasteiger charge is 2.21. The van der Waals surface area contributed by atoms with Gasteiger partial charge in [0.1, 0.15) is 16.8 Å². The number of nitrogens with zero attached hydrogens (tertiary/aromatic N) is 4. The highest BCUT2D eigenvalue weighted by molar-refractivity contribution is 7.99. The van der Waals surface area contributed by atoms with Crippen LogP contribution in [0.25, 0.3) is 0 Å². The summed E-state index contributed by atoms with van der Waals surface area (Å²) < 4.78 is 13.0. The molecule has 4 rings (SSSR count). The van der Waals surface area contributed by atoms with Gasteiger partial charge >= 0.3 is 0 Å². The van der Waals surface area contributed by atoms with E-state index in [0.29, 0.717) is 16.0 Å². The quantitative estimate of drug-likeness (QED) is 0.298. The van der Waals surface area contributed by atoms with Gasteiger partial charge in [-0.25, -0.2) is 14.4 Å². The Bertz CT molecular complexity index is 1090. The Morgan fingerprint density at radius 1 is 1.00 bits per heavy atom. The third-order valence-electron chi connectivity index (χ3n) is 4.92. The van der Waals surface area contributed by atoms with E-state index in [0.717, 1.165) is 42.7 Å². The molecule has 1 N–H and O–H groups in total. The first kappa shape index (κ1) is 22.6. The van der Waals surface area contributed by atoms with Crippen molar-refractivity contribution >= 4 is 58.1 Å². The van der Waals surface area contributed by atoms with E-state index in [1.54, 1.807) is 6.07 Å². The molecule has 0 radical (unpaired) electrons. The molecule has 0 saturated carbocycles. The number of thioether (sulfide) groups is 1. The topological polar surface area (TPSA) is 61.4 Å². The predicted octanol–water partition coefficient (Wildman–Crippen LogP) is 4.98. The van der Waals surface area contributed by atoms with Gasteiger partial charge in [0, 0.05) is 37.9 Å². The molecule has 10 heteroatoms. The van der Waals surface area contributed by atoms with E-state index < -0.39 is 0 Å². The summed E-state index contributed by atoms with van der Waals surface area (Å²) in [6.45, 7) is 3.11. The summed E-state index contributed by atoms with van der Waals surface area (Å²) in [4.78, 5) is 25.4. The number of halogens is 3. The molecule has 0 spiro atoms. The van der Waals surface area contributed by atoms with Crippen LogP contribution in [0.4, 0.5) is 21.6 Å². The Hall–Kier alpha value is -2.55. The van der Waals surface area contributed by atoms with Gasteiger partial charge in [0.2, 0.25) is 5.91 Å². The van der Waals surface area contributed by atoms with Gasteiger partial charge in [0.05, 0.1) is 16.5 Å². The van der Waals surface area contributed by atoms with Crippen molar-refractivity contribution in [3.8, 4) is 0 Å². The zero-order chi connectivity index (χ0) is 22.5. The van der Waals surface area contributed by atoms with Crippen LogP contribution >= 0.6 is 35.0 Å². The van der Waals surface area contributed by atoms with Crippen molar-refractivity contribution in [1.82, 2.24) is 9.97 Å². The minimum absolute atomic E-state index is 0.109. The second kappa shape index (κ2) is 10.4. The fraction of sp³-hybridized carbons (Fsp3) is 0.227. The summed E-state index contributed by atoms with van der Waals surface area (Å²) in [7, 11) is 0. The third-order valence-corrected chi connectivity index (χ3v) is 6.28. The second-order valence-corrected chi connectivity index (χ2v) is 8.84. The fourth-order valence-electron chi connectivity index (χ4n) is 3.36. The number of piperazine rings is 1. The molecule has 0 unspecified atom stereocenters. The summed E-state index contributed by atoms with van der Waals surface area (Å²) in [5.74, 6) is 0.243. The Morgan fingerprint density at radius 2 is 1.69 bits per heavy atom. The first-order valence-electron chi connectivity index (χ1n) is 9.95. The molecule has 1 amide bonds. The molecule has 1 saturated heterocycles. The molecular weight excluding hydrogens is 472 g/mol. The van der Waals surface area contributed by atoms with Crippen molar-refractivity contribution in [2.24, 2.45) is 0 Å². The smallest absolute Gasteiger partial charge is 0.234 e. The maximum Gasteiger partial charge on any atom is 0.234 e. The standard InChI is InChI=1S/C22H20Cl2FN5OS/c23-17-3-1-2-4-18(17)29-9-11-30(12-10-29)20-13-19(24)27-22(28-20)32-14-21(31)26-16-7-5-15(25)6-8-16/h1-8,13H,9-12,14H2,(H,26,31). The molecule has 0 atom stereocenters. The van der Waals surface area contributed by atoms with E-state index in [9.17, 15) is 9.18 Å². The lowest BCUT2D eigenvalue weighted by atomic mass is 10.2. The molecular formula is C22H20Cl2FN5OS. The van der Waals surface area contributed by atoms with Gasteiger partial charge in [-0.1, -0.05) is 47.1 Å². The van der Waals surface area contributed by atoms with E-state index in [1.165, 1.54) is 36.0 Å². The molecule has 0 aliphatic carbocycles. The lowest BCUT2D eigenvalue weighted by Crippen LogP contribution is -2.47. The summed E-state index contributed by atoms with van der Waals surface area (Å²) in [6.07, 6.45) is 0. The molecule has 2 heterocycles. The van der Waals surface area contributed by atoms with Crippen LogP contribution in [0.5, 0.6) is 0 Å². The van der Waals surface area contributed by atoms with E-state index in [2.05, 4.69) is 25.1 Å². The Labute approximate surface area is 199 Å². The van der Waals surface area contributed by atoms with Crippen LogP contribution in [0, 0.1) is 5.82 Å². The van der Waals surface area contributed by atoms with Gasteiger partial charge in [0.15, 0.2) is 5.16 Å². The monoisotopic (exact) mass is 491 g/mol. The number of hydrogen-bond acceptors (Lipinski definition) is 6. The first-order chi connectivity index (χ1) is 15.5. The molecule has 32 heavy (non-hydrogen) atoms. The van der Waals surface area contributed by atoms with Crippen LogP contribution in [0.1, 0.15) is 0 Å². The van der Waals surface area contributed by atoms with Crippen molar-refractivity contribution < 1.29 is 9.18 Å². The maximum atomic E-state index is 13.0. The van der Waals surface area contributed by atoms with E-state index in [-0.39, 0.29) is 17.5 Å². The van der Waals surface area contributed by atoms with Crippen LogP contribution in [-0.4, -0.2) is 47.8 Å². The molecule has 166 valence electrons. The Kier molecular flexibility index (Phi) is 7.34. The van der Waals surface area contributed by atoms with Gasteiger partial charge in [0.25, 0.3) is 0 Å². The highest BCUT2D eigenvalue weighted by atomic mass is 35.5. The van der Waals surface area contributed by atoms with Crippen molar-refractivity contribution in [2.75, 3.05) is 47.0 Å². The zero-order valence-corrected chi connectivity index (χ0v) is 19.3. The van der Waals surface area contributed by atoms with Crippen LogP contribution in [-0.2, 0) is 4.79 Å². The Balaban J connectivity index is 1.35. The van der Waals surface area contributed by atoms with Gasteiger partial charge in [-0.2, -0.15) is 0 Å². The number of carbonyl (C=O) groups excluding carboxylic acids is 1. The van der Waals surface area contributed by atoms with Crippen LogP contribution in [0.15, 0.2) is 59.8 Å². The Morgan fingerprint density at radius 3 is 2.41 bits per heavy atom. The average Bonchev–Trinajstić information content (AvgIpc) is 2.79. The zero-order valence-electron chi connectivity index (χ0n) is 17.0. The van der Waals surface area contributed by atoms with Crippen LogP contribution < -0.4 is 15.1 Å². The number of hydrogen-bond donors (Lipinski definition) is 1. The first-order valence-corrected chi connectivity index (χ1v) is 11.7. The van der Waals surface area contributed by atoms with Crippen LogP contribution in [0.3, 0.4) is 0 Å². The van der Waals surface area contributed by atoms with E-state index in [1.807, 2.05) is 24.3 Å². The number of rotatable bonds is 6. The minimum atomic E-state index is -0.357. The summed E-state index contributed by atoms with van der Waals surface area (Å²) in [5.41, 5.74) is 1.55. The number of nitrogens with one attached hydrogen (secondary N) is 1. The van der Waals surface area contributed by atoms with Gasteiger partial charge < -0.3 is 15.1 Å². The largest absolute Gasteiger partial charge is 0.367 e. The molecule has 1 aliphatic heterocycles. The van der Waals surface area contributed by atoms with Crippen LogP contribution in [0.2, 0.25) is 10.2 Å². The van der Waals surface area contributed by atoms with Gasteiger partial charge in [-0.05, 0) is 36.4 Å². The summed E-state index contributed by atoms with van der Waals surface area (Å²) in [5, 5.41) is 4.20. The van der Waals surface area contributed by atoms with E-state index >= 15 is 0 Å². The summed E-state index contributed by atoms with van der Waals surface area (Å²) in [6, 6.07) is 15.1. The number of carbonyl (C=O) groups is 1. The summed E-state index contributed by atoms with van der Waals surface area (Å²) >= 11 is 13.7. The lowest BCUT2D eigenvalue weighted by molar-refractivity contribution is -0.113. The number of para-hydroxylation sites is 1. The van der Waals surface area contributed by atoms with E-state index in [4.69, 9.17) is 23.2 Å². The fourth-order valence-corrected chi connectivity index (χ4v) is 4.49. The number of anilines is 3.